The molecular formula is C19H19N3O4. The first-order valence-corrected chi connectivity index (χ1v) is 7.99. The van der Waals surface area contributed by atoms with Crippen molar-refractivity contribution in [2.45, 2.75) is 6.92 Å². The zero-order chi connectivity index (χ0) is 18.7. The highest BCUT2D eigenvalue weighted by molar-refractivity contribution is 5.91. The number of anilines is 2. The summed E-state index contributed by atoms with van der Waals surface area (Å²) in [6.45, 7) is 1.40. The predicted molar refractivity (Wildman–Crippen MR) is 98.5 cm³/mol. The summed E-state index contributed by atoms with van der Waals surface area (Å²) >= 11 is 0. The van der Waals surface area contributed by atoms with Crippen LogP contribution in [-0.2, 0) is 4.79 Å². The van der Waals surface area contributed by atoms with Crippen LogP contribution in [0.1, 0.15) is 5.82 Å². The number of benzene rings is 2. The molecule has 2 aromatic carbocycles. The van der Waals surface area contributed by atoms with Crippen LogP contribution in [0.3, 0.4) is 0 Å². The lowest BCUT2D eigenvalue weighted by Crippen LogP contribution is -2.14. The molecule has 1 N–H and O–H groups in total. The molecule has 0 atom stereocenters. The van der Waals surface area contributed by atoms with Crippen LogP contribution in [0.25, 0.3) is 10.9 Å². The number of fused-ring (bicyclic) bond motifs is 1. The summed E-state index contributed by atoms with van der Waals surface area (Å²) < 4.78 is 10.6. The molecule has 0 saturated heterocycles. The van der Waals surface area contributed by atoms with Gasteiger partial charge in [-0.25, -0.2) is 14.8 Å². The normalized spacial score (nSPS) is 10.6. The molecule has 7 heteroatoms. The Bertz CT molecular complexity index is 959. The minimum absolute atomic E-state index is 0.356. The van der Waals surface area contributed by atoms with E-state index in [4.69, 9.17) is 14.6 Å². The lowest BCUT2D eigenvalue weighted by atomic mass is 10.2. The SMILES string of the molecule is COc1ccc(N(C)c2nc(C)nc3ccccc23)cc1OCC(=O)O. The predicted octanol–water partition coefficient (Wildman–Crippen LogP) is 3.18. The summed E-state index contributed by atoms with van der Waals surface area (Å²) in [6, 6.07) is 13.1. The van der Waals surface area contributed by atoms with Gasteiger partial charge in [0.2, 0.25) is 0 Å². The van der Waals surface area contributed by atoms with Crippen molar-refractivity contribution in [2.24, 2.45) is 0 Å². The van der Waals surface area contributed by atoms with Crippen LogP contribution >= 0.6 is 0 Å². The second-order valence-electron chi connectivity index (χ2n) is 5.69. The van der Waals surface area contributed by atoms with Crippen molar-refractivity contribution in [1.29, 1.82) is 0 Å². The van der Waals surface area contributed by atoms with Gasteiger partial charge >= 0.3 is 5.97 Å². The third kappa shape index (κ3) is 3.51. The number of aromatic nitrogens is 2. The molecule has 134 valence electrons. The molecule has 0 spiro atoms. The number of aliphatic carboxylic acids is 1. The van der Waals surface area contributed by atoms with Crippen molar-refractivity contribution in [3.63, 3.8) is 0 Å². The molecule has 0 amide bonds. The van der Waals surface area contributed by atoms with Crippen LogP contribution < -0.4 is 14.4 Å². The van der Waals surface area contributed by atoms with E-state index in [0.29, 0.717) is 17.3 Å². The Morgan fingerprint density at radius 2 is 1.92 bits per heavy atom. The number of nitrogens with zero attached hydrogens (tertiary/aromatic N) is 3. The first-order valence-electron chi connectivity index (χ1n) is 7.99. The topological polar surface area (TPSA) is 84.8 Å². The number of para-hydroxylation sites is 1. The molecule has 0 fully saturated rings. The van der Waals surface area contributed by atoms with Crippen molar-refractivity contribution in [3.05, 3.63) is 48.3 Å². The van der Waals surface area contributed by atoms with E-state index >= 15 is 0 Å². The number of carboxylic acids is 1. The Hall–Kier alpha value is -3.35. The Morgan fingerprint density at radius 1 is 1.15 bits per heavy atom. The highest BCUT2D eigenvalue weighted by Crippen LogP contribution is 2.35. The van der Waals surface area contributed by atoms with Gasteiger partial charge in [-0.1, -0.05) is 12.1 Å². The average molecular weight is 353 g/mol. The molecule has 0 saturated carbocycles. The first-order chi connectivity index (χ1) is 12.5. The number of methoxy groups -OCH3 is 1. The summed E-state index contributed by atoms with van der Waals surface area (Å²) in [5, 5.41) is 9.77. The van der Waals surface area contributed by atoms with Gasteiger partial charge in [-0.3, -0.25) is 0 Å². The van der Waals surface area contributed by atoms with Crippen molar-refractivity contribution in [1.82, 2.24) is 9.97 Å². The molecule has 0 aliphatic carbocycles. The van der Waals surface area contributed by atoms with Crippen molar-refractivity contribution < 1.29 is 19.4 Å². The maximum Gasteiger partial charge on any atom is 0.341 e. The number of rotatable bonds is 6. The third-order valence-corrected chi connectivity index (χ3v) is 3.90. The number of aryl methyl sites for hydroxylation is 1. The number of hydrogen-bond acceptors (Lipinski definition) is 6. The van der Waals surface area contributed by atoms with Gasteiger partial charge in [0.15, 0.2) is 18.1 Å². The Labute approximate surface area is 150 Å². The number of carboxylic acid groups (broad SMARTS) is 1. The van der Waals surface area contributed by atoms with Gasteiger partial charge in [0, 0.05) is 24.2 Å². The lowest BCUT2D eigenvalue weighted by molar-refractivity contribution is -0.139. The molecule has 3 rings (SSSR count). The van der Waals surface area contributed by atoms with E-state index in [-0.39, 0.29) is 0 Å². The number of carbonyl (C=O) groups is 1. The van der Waals surface area contributed by atoms with Crippen molar-refractivity contribution in [2.75, 3.05) is 25.7 Å². The average Bonchev–Trinajstić information content (AvgIpc) is 2.64. The first kappa shape index (κ1) is 17.5. The number of hydrogen-bond donors (Lipinski definition) is 1. The van der Waals surface area contributed by atoms with Crippen LogP contribution in [0.4, 0.5) is 11.5 Å². The lowest BCUT2D eigenvalue weighted by Gasteiger charge is -2.21. The maximum atomic E-state index is 10.8. The van der Waals surface area contributed by atoms with Gasteiger partial charge in [-0.2, -0.15) is 0 Å². The van der Waals surface area contributed by atoms with E-state index in [1.807, 2.05) is 49.2 Å². The van der Waals surface area contributed by atoms with Crippen LogP contribution in [0.5, 0.6) is 11.5 Å². The zero-order valence-electron chi connectivity index (χ0n) is 14.8. The fourth-order valence-corrected chi connectivity index (χ4v) is 2.68. The summed E-state index contributed by atoms with van der Waals surface area (Å²) in [5.74, 6) is 1.19. The van der Waals surface area contributed by atoms with Crippen LogP contribution in [0.15, 0.2) is 42.5 Å². The largest absolute Gasteiger partial charge is 0.493 e. The zero-order valence-corrected chi connectivity index (χ0v) is 14.8. The Morgan fingerprint density at radius 3 is 2.65 bits per heavy atom. The molecule has 0 radical (unpaired) electrons. The second kappa shape index (κ2) is 7.26. The summed E-state index contributed by atoms with van der Waals surface area (Å²) in [5.41, 5.74) is 1.65. The van der Waals surface area contributed by atoms with Gasteiger partial charge in [-0.15, -0.1) is 0 Å². The third-order valence-electron chi connectivity index (χ3n) is 3.90. The minimum atomic E-state index is -1.05. The van der Waals surface area contributed by atoms with E-state index in [0.717, 1.165) is 22.4 Å². The Kier molecular flexibility index (Phi) is 4.88. The second-order valence-corrected chi connectivity index (χ2v) is 5.69. The molecule has 1 aromatic heterocycles. The van der Waals surface area contributed by atoms with E-state index in [1.165, 1.54) is 7.11 Å². The fourth-order valence-electron chi connectivity index (χ4n) is 2.68. The van der Waals surface area contributed by atoms with E-state index in [1.54, 1.807) is 12.1 Å². The molecule has 3 aromatic rings. The standard InChI is InChI=1S/C19H19N3O4/c1-12-20-15-7-5-4-6-14(15)19(21-12)22(2)13-8-9-16(25-3)17(10-13)26-11-18(23)24/h4-10H,11H2,1-3H3,(H,23,24). The number of ether oxygens (including phenoxy) is 2. The molecule has 1 heterocycles. The van der Waals surface area contributed by atoms with Gasteiger partial charge in [0.1, 0.15) is 11.6 Å². The van der Waals surface area contributed by atoms with Gasteiger partial charge in [0.25, 0.3) is 0 Å². The fraction of sp³-hybridized carbons (Fsp3) is 0.211. The molecule has 0 bridgehead atoms. The molecule has 0 aliphatic heterocycles. The highest BCUT2D eigenvalue weighted by atomic mass is 16.5. The van der Waals surface area contributed by atoms with Crippen molar-refractivity contribution >= 4 is 28.4 Å². The van der Waals surface area contributed by atoms with E-state index in [2.05, 4.69) is 9.97 Å². The van der Waals surface area contributed by atoms with Gasteiger partial charge in [-0.05, 0) is 31.2 Å². The summed E-state index contributed by atoms with van der Waals surface area (Å²) in [6.07, 6.45) is 0. The highest BCUT2D eigenvalue weighted by Gasteiger charge is 2.15. The van der Waals surface area contributed by atoms with Crippen LogP contribution in [-0.4, -0.2) is 41.8 Å². The van der Waals surface area contributed by atoms with E-state index in [9.17, 15) is 4.79 Å². The summed E-state index contributed by atoms with van der Waals surface area (Å²) in [7, 11) is 3.39. The van der Waals surface area contributed by atoms with Gasteiger partial charge < -0.3 is 19.5 Å². The molecular weight excluding hydrogens is 334 g/mol. The molecule has 7 nitrogen and oxygen atoms in total. The Balaban J connectivity index is 2.04. The molecule has 0 unspecified atom stereocenters. The van der Waals surface area contributed by atoms with Gasteiger partial charge in [0.05, 0.1) is 12.6 Å². The maximum absolute atomic E-state index is 10.8. The molecule has 0 aliphatic rings. The smallest absolute Gasteiger partial charge is 0.341 e. The van der Waals surface area contributed by atoms with Crippen molar-refractivity contribution in [3.8, 4) is 11.5 Å². The monoisotopic (exact) mass is 353 g/mol. The summed E-state index contributed by atoms with van der Waals surface area (Å²) in [4.78, 5) is 21.7. The van der Waals surface area contributed by atoms with Crippen LogP contribution in [0, 0.1) is 6.92 Å². The minimum Gasteiger partial charge on any atom is -0.493 e. The van der Waals surface area contributed by atoms with E-state index < -0.39 is 12.6 Å². The molecule has 26 heavy (non-hydrogen) atoms. The van der Waals surface area contributed by atoms with Crippen LogP contribution in [0.2, 0.25) is 0 Å². The quantitative estimate of drug-likeness (QED) is 0.728.